The summed E-state index contributed by atoms with van der Waals surface area (Å²) in [4.78, 5) is 53.3. The molecule has 1 N–H and O–H groups in total. The Morgan fingerprint density at radius 3 is 2.14 bits per heavy atom. The summed E-state index contributed by atoms with van der Waals surface area (Å²) in [7, 11) is 0. The van der Waals surface area contributed by atoms with Crippen molar-refractivity contribution in [3.05, 3.63) is 42.0 Å². The lowest BCUT2D eigenvalue weighted by Crippen LogP contribution is -2.44. The molecule has 190 valence electrons. The molecule has 6 atom stereocenters. The molecule has 0 aromatic heterocycles. The standard InChI is InChI=1S/C29H34N2O5/c1-2-3-14-36-29(35)17-4-8-18(9-5-17)30-26(32)16-6-10-19(11-7-16)31-27(33)24-20-12-13-21(23-15-22(20)23)25(24)28(31)34/h4-5,8-9,12-13,16,19-25H,2-3,6-7,10-11,14-15H2,1H3,(H,30,32)/t16?,19?,20-,21-,22-,23-,24-,25+/m1/s1. The highest BCUT2D eigenvalue weighted by molar-refractivity contribution is 6.06. The van der Waals surface area contributed by atoms with Gasteiger partial charge in [-0.2, -0.15) is 0 Å². The monoisotopic (exact) mass is 490 g/mol. The lowest BCUT2D eigenvalue weighted by Gasteiger charge is -2.37. The SMILES string of the molecule is CCCCOC(=O)c1ccc(NC(=O)C2CCC(N3C(=O)[C@@H]4[C@@H]5C=C[C@H]([C@H]6C[C@H]56)[C@@H]4C3=O)CC2)cc1. The summed E-state index contributed by atoms with van der Waals surface area (Å²) in [6.45, 7) is 2.45. The number of imide groups is 1. The summed E-state index contributed by atoms with van der Waals surface area (Å²) < 4.78 is 5.22. The first kappa shape index (κ1) is 23.4. The minimum atomic E-state index is -0.355. The molecule has 1 saturated heterocycles. The van der Waals surface area contributed by atoms with E-state index in [0.29, 0.717) is 55.4 Å². The third kappa shape index (κ3) is 3.87. The fourth-order valence-corrected chi connectivity index (χ4v) is 7.26. The number of amides is 3. The van der Waals surface area contributed by atoms with Gasteiger partial charge in [0, 0.05) is 17.6 Å². The topological polar surface area (TPSA) is 92.8 Å². The highest BCUT2D eigenvalue weighted by Gasteiger charge is 2.67. The van der Waals surface area contributed by atoms with Gasteiger partial charge in [-0.1, -0.05) is 25.5 Å². The Morgan fingerprint density at radius 1 is 0.944 bits per heavy atom. The maximum atomic E-state index is 13.4. The van der Waals surface area contributed by atoms with Crippen molar-refractivity contribution in [2.45, 2.75) is 57.9 Å². The van der Waals surface area contributed by atoms with Crippen molar-refractivity contribution in [3.8, 4) is 0 Å². The van der Waals surface area contributed by atoms with Gasteiger partial charge in [0.1, 0.15) is 0 Å². The van der Waals surface area contributed by atoms with Crippen molar-refractivity contribution >= 4 is 29.4 Å². The van der Waals surface area contributed by atoms with Crippen molar-refractivity contribution in [1.82, 2.24) is 4.90 Å². The van der Waals surface area contributed by atoms with E-state index in [1.165, 1.54) is 6.42 Å². The minimum Gasteiger partial charge on any atom is -0.462 e. The molecule has 3 amide bonds. The number of carbonyl (C=O) groups is 4. The number of nitrogens with one attached hydrogen (secondary N) is 1. The van der Waals surface area contributed by atoms with Crippen LogP contribution in [-0.4, -0.2) is 41.2 Å². The van der Waals surface area contributed by atoms with Crippen molar-refractivity contribution in [2.75, 3.05) is 11.9 Å². The van der Waals surface area contributed by atoms with Gasteiger partial charge in [-0.05, 0) is 86.5 Å². The Kier molecular flexibility index (Phi) is 5.97. The number of unbranched alkanes of at least 4 members (excludes halogenated alkanes) is 1. The summed E-state index contributed by atoms with van der Waals surface area (Å²) in [6.07, 6.45) is 10.0. The van der Waals surface area contributed by atoms with Crippen molar-refractivity contribution < 1.29 is 23.9 Å². The van der Waals surface area contributed by atoms with Gasteiger partial charge in [-0.3, -0.25) is 19.3 Å². The molecule has 7 heteroatoms. The van der Waals surface area contributed by atoms with Crippen LogP contribution in [0, 0.1) is 41.4 Å². The van der Waals surface area contributed by atoms with Gasteiger partial charge < -0.3 is 10.1 Å². The van der Waals surface area contributed by atoms with Crippen LogP contribution in [0.1, 0.15) is 62.2 Å². The van der Waals surface area contributed by atoms with E-state index in [4.69, 9.17) is 4.74 Å². The molecule has 2 bridgehead atoms. The smallest absolute Gasteiger partial charge is 0.338 e. The van der Waals surface area contributed by atoms with Gasteiger partial charge in [-0.25, -0.2) is 4.79 Å². The Morgan fingerprint density at radius 2 is 1.56 bits per heavy atom. The second-order valence-corrected chi connectivity index (χ2v) is 11.3. The van der Waals surface area contributed by atoms with E-state index in [9.17, 15) is 19.2 Å². The van der Waals surface area contributed by atoms with Crippen molar-refractivity contribution in [3.63, 3.8) is 0 Å². The number of nitrogens with zero attached hydrogens (tertiary/aromatic N) is 1. The molecule has 5 aliphatic carbocycles. The van der Waals surface area contributed by atoms with E-state index < -0.39 is 0 Å². The van der Waals surface area contributed by atoms with E-state index in [2.05, 4.69) is 17.5 Å². The molecular weight excluding hydrogens is 456 g/mol. The average Bonchev–Trinajstić information content (AvgIpc) is 3.67. The summed E-state index contributed by atoms with van der Waals surface area (Å²) in [5, 5.41) is 2.96. The third-order valence-corrected chi connectivity index (χ3v) is 9.25. The van der Waals surface area contributed by atoms with Crippen LogP contribution in [0.25, 0.3) is 0 Å². The highest BCUT2D eigenvalue weighted by atomic mass is 16.5. The predicted octanol–water partition coefficient (Wildman–Crippen LogP) is 4.19. The minimum absolute atomic E-state index is 0.0379. The summed E-state index contributed by atoms with van der Waals surface area (Å²) in [5.41, 5.74) is 1.11. The van der Waals surface area contributed by atoms with Crippen LogP contribution < -0.4 is 5.32 Å². The Balaban J connectivity index is 1.02. The van der Waals surface area contributed by atoms with E-state index in [1.807, 2.05) is 6.92 Å². The van der Waals surface area contributed by atoms with E-state index >= 15 is 0 Å². The fraction of sp³-hybridized carbons (Fsp3) is 0.586. The normalized spacial score (nSPS) is 35.9. The van der Waals surface area contributed by atoms with Crippen molar-refractivity contribution in [2.24, 2.45) is 41.4 Å². The van der Waals surface area contributed by atoms with Gasteiger partial charge in [0.15, 0.2) is 0 Å². The predicted molar refractivity (Wildman–Crippen MR) is 133 cm³/mol. The molecule has 0 spiro atoms. The quantitative estimate of drug-likeness (QED) is 0.268. The molecule has 7 nitrogen and oxygen atoms in total. The number of benzene rings is 1. The van der Waals surface area contributed by atoms with Crippen LogP contribution in [-0.2, 0) is 19.1 Å². The number of carbonyl (C=O) groups excluding carboxylic acids is 4. The number of hydrogen-bond donors (Lipinski definition) is 1. The van der Waals surface area contributed by atoms with Gasteiger partial charge in [0.05, 0.1) is 24.0 Å². The molecule has 1 aromatic carbocycles. The van der Waals surface area contributed by atoms with E-state index in [1.54, 1.807) is 29.2 Å². The second kappa shape index (κ2) is 9.16. The van der Waals surface area contributed by atoms with Crippen LogP contribution in [0.5, 0.6) is 0 Å². The highest BCUT2D eigenvalue weighted by Crippen LogP contribution is 2.65. The van der Waals surface area contributed by atoms with Gasteiger partial charge in [-0.15, -0.1) is 0 Å². The molecule has 4 fully saturated rings. The van der Waals surface area contributed by atoms with Crippen molar-refractivity contribution in [1.29, 1.82) is 0 Å². The largest absolute Gasteiger partial charge is 0.462 e. The van der Waals surface area contributed by atoms with E-state index in [-0.39, 0.29) is 59.3 Å². The summed E-state index contributed by atoms with van der Waals surface area (Å²) in [5.74, 6) is 0.932. The molecule has 0 radical (unpaired) electrons. The average molecular weight is 491 g/mol. The Bertz CT molecular complexity index is 1070. The lowest BCUT2D eigenvalue weighted by atomic mass is 9.63. The number of rotatable bonds is 7. The van der Waals surface area contributed by atoms with Crippen LogP contribution in [0.15, 0.2) is 36.4 Å². The first-order valence-electron chi connectivity index (χ1n) is 13.6. The van der Waals surface area contributed by atoms with Gasteiger partial charge in [0.25, 0.3) is 0 Å². The molecule has 0 unspecified atom stereocenters. The number of allylic oxidation sites excluding steroid dienone is 2. The molecule has 6 aliphatic rings. The Labute approximate surface area is 211 Å². The number of hydrogen-bond acceptors (Lipinski definition) is 5. The zero-order valence-corrected chi connectivity index (χ0v) is 20.7. The summed E-state index contributed by atoms with van der Waals surface area (Å²) in [6, 6.07) is 6.67. The number of esters is 1. The maximum absolute atomic E-state index is 13.4. The zero-order valence-electron chi connectivity index (χ0n) is 20.7. The van der Waals surface area contributed by atoms with E-state index in [0.717, 1.165) is 12.8 Å². The first-order valence-corrected chi connectivity index (χ1v) is 13.6. The molecule has 3 saturated carbocycles. The number of likely N-dealkylation sites (tertiary alicyclic amines) is 1. The zero-order chi connectivity index (χ0) is 25.0. The molecular formula is C29H34N2O5. The molecule has 1 heterocycles. The number of anilines is 1. The summed E-state index contributed by atoms with van der Waals surface area (Å²) >= 11 is 0. The number of ether oxygens (including phenoxy) is 1. The van der Waals surface area contributed by atoms with Gasteiger partial charge in [0.2, 0.25) is 17.7 Å². The second-order valence-electron chi connectivity index (χ2n) is 11.3. The molecule has 1 aliphatic heterocycles. The third-order valence-electron chi connectivity index (χ3n) is 9.25. The molecule has 36 heavy (non-hydrogen) atoms. The first-order chi connectivity index (χ1) is 17.5. The van der Waals surface area contributed by atoms with Crippen LogP contribution in [0.4, 0.5) is 5.69 Å². The van der Waals surface area contributed by atoms with Gasteiger partial charge >= 0.3 is 5.97 Å². The van der Waals surface area contributed by atoms with Crippen LogP contribution in [0.3, 0.4) is 0 Å². The van der Waals surface area contributed by atoms with Crippen LogP contribution >= 0.6 is 0 Å². The fourth-order valence-electron chi connectivity index (χ4n) is 7.26. The van der Waals surface area contributed by atoms with Crippen LogP contribution in [0.2, 0.25) is 0 Å². The maximum Gasteiger partial charge on any atom is 0.338 e. The molecule has 1 aromatic rings. The molecule has 7 rings (SSSR count). The Hall–Kier alpha value is -2.96. The lowest BCUT2D eigenvalue weighted by molar-refractivity contribution is -0.144.